The number of rotatable bonds is 8. The smallest absolute Gasteiger partial charge is 0.262 e. The van der Waals surface area contributed by atoms with Crippen LogP contribution in [0.2, 0.25) is 0 Å². The Morgan fingerprint density at radius 2 is 1.97 bits per heavy atom. The number of nitrogens with zero attached hydrogens (tertiary/aromatic N) is 3. The van der Waals surface area contributed by atoms with Gasteiger partial charge in [-0.1, -0.05) is 6.92 Å². The van der Waals surface area contributed by atoms with Crippen LogP contribution in [0.25, 0.3) is 10.2 Å². The number of methoxy groups -OCH3 is 1. The summed E-state index contributed by atoms with van der Waals surface area (Å²) in [4.78, 5) is 22.8. The van der Waals surface area contributed by atoms with Crippen molar-refractivity contribution >= 4 is 21.6 Å². The van der Waals surface area contributed by atoms with E-state index in [4.69, 9.17) is 14.5 Å². The van der Waals surface area contributed by atoms with Crippen LogP contribution in [-0.4, -0.2) is 42.3 Å². The first-order chi connectivity index (χ1) is 15.0. The van der Waals surface area contributed by atoms with Crippen molar-refractivity contribution in [2.75, 3.05) is 27.8 Å². The van der Waals surface area contributed by atoms with Gasteiger partial charge in [0.25, 0.3) is 5.56 Å². The summed E-state index contributed by atoms with van der Waals surface area (Å²) in [7, 11) is 5.66. The van der Waals surface area contributed by atoms with Crippen molar-refractivity contribution in [2.45, 2.75) is 45.7 Å². The van der Waals surface area contributed by atoms with Crippen LogP contribution in [0.3, 0.4) is 0 Å². The standard InChI is InChI=1S/C24H31N3O3S/c1-16-6-11-19-20(14-16)31-23-22(19)24(28)27(21(25-23)15-26(2)3)12-5-13-30-18-9-7-17(29-4)8-10-18/h7-10,16H,5-6,11-15H2,1-4H3. The fraction of sp³-hybridized carbons (Fsp3) is 0.500. The number of hydrogen-bond acceptors (Lipinski definition) is 6. The normalized spacial score (nSPS) is 16.0. The summed E-state index contributed by atoms with van der Waals surface area (Å²) >= 11 is 1.72. The highest BCUT2D eigenvalue weighted by Gasteiger charge is 2.24. The van der Waals surface area contributed by atoms with Crippen LogP contribution in [0, 0.1) is 5.92 Å². The maximum Gasteiger partial charge on any atom is 0.262 e. The molecule has 1 aromatic carbocycles. The quantitative estimate of drug-likeness (QED) is 0.492. The van der Waals surface area contributed by atoms with Gasteiger partial charge in [-0.2, -0.15) is 0 Å². The molecule has 6 nitrogen and oxygen atoms in total. The van der Waals surface area contributed by atoms with Gasteiger partial charge in [0.2, 0.25) is 0 Å². The van der Waals surface area contributed by atoms with E-state index < -0.39 is 0 Å². The van der Waals surface area contributed by atoms with Crippen molar-refractivity contribution in [1.82, 2.24) is 14.5 Å². The first-order valence-electron chi connectivity index (χ1n) is 10.9. The molecule has 2 heterocycles. The Morgan fingerprint density at radius 1 is 1.23 bits per heavy atom. The van der Waals surface area contributed by atoms with Crippen LogP contribution < -0.4 is 15.0 Å². The minimum Gasteiger partial charge on any atom is -0.497 e. The van der Waals surface area contributed by atoms with Gasteiger partial charge in [-0.3, -0.25) is 9.36 Å². The zero-order valence-corrected chi connectivity index (χ0v) is 19.6. The molecular weight excluding hydrogens is 410 g/mol. The highest BCUT2D eigenvalue weighted by molar-refractivity contribution is 7.18. The Morgan fingerprint density at radius 3 is 2.68 bits per heavy atom. The van der Waals surface area contributed by atoms with E-state index in [1.165, 1.54) is 10.4 Å². The number of thiophene rings is 1. The molecule has 0 radical (unpaired) electrons. The minimum atomic E-state index is 0.110. The van der Waals surface area contributed by atoms with E-state index in [-0.39, 0.29) is 5.56 Å². The molecule has 7 heteroatoms. The van der Waals surface area contributed by atoms with E-state index in [0.29, 0.717) is 25.6 Å². The predicted octanol–water partition coefficient (Wildman–Crippen LogP) is 4.12. The zero-order chi connectivity index (χ0) is 22.0. The molecular formula is C24H31N3O3S. The number of aryl methyl sites for hydroxylation is 1. The van der Waals surface area contributed by atoms with E-state index in [1.807, 2.05) is 42.9 Å². The van der Waals surface area contributed by atoms with Gasteiger partial charge in [0.05, 0.1) is 25.6 Å². The van der Waals surface area contributed by atoms with Crippen LogP contribution in [0.15, 0.2) is 29.1 Å². The number of aromatic nitrogens is 2. The molecule has 2 aromatic heterocycles. The van der Waals surface area contributed by atoms with E-state index in [0.717, 1.165) is 53.2 Å². The third-order valence-electron chi connectivity index (χ3n) is 5.81. The molecule has 0 N–H and O–H groups in total. The highest BCUT2D eigenvalue weighted by Crippen LogP contribution is 2.35. The molecule has 0 saturated heterocycles. The van der Waals surface area contributed by atoms with Crippen molar-refractivity contribution in [1.29, 1.82) is 0 Å². The van der Waals surface area contributed by atoms with Gasteiger partial charge in [-0.25, -0.2) is 4.98 Å². The Hall–Kier alpha value is -2.38. The molecule has 0 amide bonds. The second-order valence-corrected chi connectivity index (χ2v) is 9.72. The molecule has 1 atom stereocenters. The third kappa shape index (κ3) is 4.77. The van der Waals surface area contributed by atoms with Gasteiger partial charge in [-0.05, 0) is 75.5 Å². The van der Waals surface area contributed by atoms with Crippen LogP contribution in [0.1, 0.15) is 36.0 Å². The highest BCUT2D eigenvalue weighted by atomic mass is 32.1. The molecule has 0 fully saturated rings. The summed E-state index contributed by atoms with van der Waals surface area (Å²) in [5.41, 5.74) is 1.36. The molecule has 1 aliphatic rings. The van der Waals surface area contributed by atoms with Gasteiger partial charge >= 0.3 is 0 Å². The van der Waals surface area contributed by atoms with Crippen molar-refractivity contribution in [3.63, 3.8) is 0 Å². The monoisotopic (exact) mass is 441 g/mol. The predicted molar refractivity (Wildman–Crippen MR) is 126 cm³/mol. The molecule has 0 spiro atoms. The van der Waals surface area contributed by atoms with Crippen LogP contribution in [-0.2, 0) is 25.9 Å². The van der Waals surface area contributed by atoms with Crippen LogP contribution in [0.4, 0.5) is 0 Å². The number of hydrogen-bond donors (Lipinski definition) is 0. The molecule has 166 valence electrons. The molecule has 1 aliphatic carbocycles. The summed E-state index contributed by atoms with van der Waals surface area (Å²) in [6, 6.07) is 7.56. The maximum atomic E-state index is 13.5. The fourth-order valence-electron chi connectivity index (χ4n) is 4.18. The third-order valence-corrected chi connectivity index (χ3v) is 6.95. The first kappa shape index (κ1) is 21.8. The second-order valence-electron chi connectivity index (χ2n) is 8.63. The molecule has 0 saturated carbocycles. The molecule has 31 heavy (non-hydrogen) atoms. The number of fused-ring (bicyclic) bond motifs is 3. The second kappa shape index (κ2) is 9.40. The Kier molecular flexibility index (Phi) is 6.62. The average Bonchev–Trinajstić information content (AvgIpc) is 3.10. The summed E-state index contributed by atoms with van der Waals surface area (Å²) in [5.74, 6) is 3.12. The van der Waals surface area contributed by atoms with Crippen LogP contribution >= 0.6 is 11.3 Å². The first-order valence-corrected chi connectivity index (χ1v) is 11.7. The van der Waals surface area contributed by atoms with Crippen LogP contribution in [0.5, 0.6) is 11.5 Å². The van der Waals surface area contributed by atoms with Gasteiger partial charge in [0.15, 0.2) is 0 Å². The van der Waals surface area contributed by atoms with E-state index in [1.54, 1.807) is 18.4 Å². The van der Waals surface area contributed by atoms with Crippen molar-refractivity contribution < 1.29 is 9.47 Å². The van der Waals surface area contributed by atoms with Crippen molar-refractivity contribution in [2.24, 2.45) is 5.92 Å². The molecule has 0 bridgehead atoms. The Bertz CT molecular complexity index is 1100. The van der Waals surface area contributed by atoms with E-state index >= 15 is 0 Å². The SMILES string of the molecule is COc1ccc(OCCCn2c(CN(C)C)nc3sc4c(c3c2=O)CCC(C)C4)cc1. The van der Waals surface area contributed by atoms with Crippen molar-refractivity contribution in [3.8, 4) is 11.5 Å². The lowest BCUT2D eigenvalue weighted by molar-refractivity contribution is 0.296. The summed E-state index contributed by atoms with van der Waals surface area (Å²) in [6.07, 6.45) is 3.94. The molecule has 1 unspecified atom stereocenters. The molecule has 4 rings (SSSR count). The lowest BCUT2D eigenvalue weighted by Crippen LogP contribution is -2.29. The lowest BCUT2D eigenvalue weighted by Gasteiger charge is -2.18. The van der Waals surface area contributed by atoms with Gasteiger partial charge in [0.1, 0.15) is 22.2 Å². The minimum absolute atomic E-state index is 0.110. The van der Waals surface area contributed by atoms with E-state index in [2.05, 4.69) is 11.8 Å². The van der Waals surface area contributed by atoms with Gasteiger partial charge < -0.3 is 14.4 Å². The van der Waals surface area contributed by atoms with E-state index in [9.17, 15) is 4.79 Å². The fourth-order valence-corrected chi connectivity index (χ4v) is 5.58. The largest absolute Gasteiger partial charge is 0.497 e. The Balaban J connectivity index is 1.55. The Labute approximate surface area is 187 Å². The summed E-state index contributed by atoms with van der Waals surface area (Å²) in [5, 5.41) is 0.852. The van der Waals surface area contributed by atoms with Crippen molar-refractivity contribution in [3.05, 3.63) is 50.9 Å². The lowest BCUT2D eigenvalue weighted by atomic mass is 9.89. The molecule has 0 aliphatic heterocycles. The number of ether oxygens (including phenoxy) is 2. The van der Waals surface area contributed by atoms with Gasteiger partial charge in [-0.15, -0.1) is 11.3 Å². The van der Waals surface area contributed by atoms with Gasteiger partial charge in [0, 0.05) is 11.4 Å². The maximum absolute atomic E-state index is 13.5. The summed E-state index contributed by atoms with van der Waals surface area (Å²) < 4.78 is 12.9. The molecule has 3 aromatic rings. The zero-order valence-electron chi connectivity index (χ0n) is 18.8. The number of benzene rings is 1. The topological polar surface area (TPSA) is 56.6 Å². The average molecular weight is 442 g/mol. The summed E-state index contributed by atoms with van der Waals surface area (Å²) in [6.45, 7) is 4.07.